The maximum Gasteiger partial charge on any atom is 0.133 e. The number of nitrogens with one attached hydrogen (secondary N) is 1. The van der Waals surface area contributed by atoms with Crippen molar-refractivity contribution in [1.29, 1.82) is 0 Å². The lowest BCUT2D eigenvalue weighted by Gasteiger charge is -2.14. The lowest BCUT2D eigenvalue weighted by atomic mass is 10.1. The van der Waals surface area contributed by atoms with Crippen molar-refractivity contribution >= 4 is 28.4 Å². The van der Waals surface area contributed by atoms with Crippen LogP contribution in [0.4, 0.5) is 5.82 Å². The van der Waals surface area contributed by atoms with Crippen LogP contribution < -0.4 is 5.32 Å². The van der Waals surface area contributed by atoms with Crippen molar-refractivity contribution in [3.63, 3.8) is 0 Å². The van der Waals surface area contributed by atoms with Gasteiger partial charge in [0.05, 0.1) is 0 Å². The minimum Gasteiger partial charge on any atom is -0.508 e. The zero-order valence-electron chi connectivity index (χ0n) is 10.3. The van der Waals surface area contributed by atoms with Gasteiger partial charge >= 0.3 is 0 Å². The minimum absolute atomic E-state index is 0.282. The second-order valence-electron chi connectivity index (χ2n) is 4.81. The number of benzene rings is 1. The second-order valence-corrected chi connectivity index (χ2v) is 6.08. The Kier molecular flexibility index (Phi) is 2.82. The van der Waals surface area contributed by atoms with Crippen molar-refractivity contribution in [3.05, 3.63) is 30.5 Å². The van der Waals surface area contributed by atoms with Gasteiger partial charge in [0.25, 0.3) is 0 Å². The van der Waals surface area contributed by atoms with Crippen LogP contribution in [0.3, 0.4) is 0 Å². The van der Waals surface area contributed by atoms with Gasteiger partial charge in [-0.15, -0.1) is 0 Å². The maximum absolute atomic E-state index is 9.58. The van der Waals surface area contributed by atoms with Crippen molar-refractivity contribution in [1.82, 2.24) is 4.98 Å². The quantitative estimate of drug-likeness (QED) is 0.885. The highest BCUT2D eigenvalue weighted by Gasteiger charge is 2.41. The molecule has 1 aliphatic rings. The molecule has 2 N–H and O–H groups in total. The number of anilines is 1. The Hall–Kier alpha value is -1.42. The Morgan fingerprint density at radius 2 is 2.22 bits per heavy atom. The molecule has 3 nitrogen and oxygen atoms in total. The van der Waals surface area contributed by atoms with Gasteiger partial charge in [0, 0.05) is 22.9 Å². The van der Waals surface area contributed by atoms with Gasteiger partial charge in [0.1, 0.15) is 11.6 Å². The molecule has 1 aliphatic carbocycles. The van der Waals surface area contributed by atoms with E-state index in [4.69, 9.17) is 0 Å². The summed E-state index contributed by atoms with van der Waals surface area (Å²) in [6.45, 7) is 0.940. The van der Waals surface area contributed by atoms with E-state index in [2.05, 4.69) is 16.6 Å². The van der Waals surface area contributed by atoms with Crippen LogP contribution in [0.25, 0.3) is 10.8 Å². The Morgan fingerprint density at radius 3 is 2.94 bits per heavy atom. The van der Waals surface area contributed by atoms with Gasteiger partial charge in [0.15, 0.2) is 0 Å². The lowest BCUT2D eigenvalue weighted by molar-refractivity contribution is 0.476. The Morgan fingerprint density at radius 1 is 1.39 bits per heavy atom. The SMILES string of the molecule is CSC1(CNc2nccc3ccc(O)cc23)CC1. The molecule has 1 saturated carbocycles. The number of pyridine rings is 1. The highest BCUT2D eigenvalue weighted by molar-refractivity contribution is 8.00. The summed E-state index contributed by atoms with van der Waals surface area (Å²) in [5.41, 5.74) is 0. The summed E-state index contributed by atoms with van der Waals surface area (Å²) in [7, 11) is 0. The van der Waals surface area contributed by atoms with Gasteiger partial charge in [-0.2, -0.15) is 11.8 Å². The van der Waals surface area contributed by atoms with Crippen molar-refractivity contribution in [3.8, 4) is 5.75 Å². The van der Waals surface area contributed by atoms with Gasteiger partial charge in [-0.25, -0.2) is 4.98 Å². The number of nitrogens with zero attached hydrogens (tertiary/aromatic N) is 1. The van der Waals surface area contributed by atoms with E-state index in [9.17, 15) is 5.11 Å². The molecular formula is C14H16N2OS. The number of aromatic hydroxyl groups is 1. The predicted molar refractivity (Wildman–Crippen MR) is 77.4 cm³/mol. The van der Waals surface area contributed by atoms with E-state index in [1.54, 1.807) is 18.3 Å². The number of phenols is 1. The highest BCUT2D eigenvalue weighted by atomic mass is 32.2. The monoisotopic (exact) mass is 260 g/mol. The second kappa shape index (κ2) is 4.35. The number of hydrogen-bond acceptors (Lipinski definition) is 4. The summed E-state index contributed by atoms with van der Waals surface area (Å²) < 4.78 is 0.403. The molecule has 18 heavy (non-hydrogen) atoms. The van der Waals surface area contributed by atoms with Crippen LogP contribution in [0.15, 0.2) is 30.5 Å². The van der Waals surface area contributed by atoms with Crippen LogP contribution in [0, 0.1) is 0 Å². The van der Waals surface area contributed by atoms with Gasteiger partial charge in [-0.1, -0.05) is 6.07 Å². The van der Waals surface area contributed by atoms with E-state index >= 15 is 0 Å². The summed E-state index contributed by atoms with van der Waals surface area (Å²) in [5.74, 6) is 1.15. The average Bonchev–Trinajstić information content (AvgIpc) is 3.17. The van der Waals surface area contributed by atoms with Crippen LogP contribution in [0.1, 0.15) is 12.8 Å². The first-order chi connectivity index (χ1) is 8.72. The first-order valence-corrected chi connectivity index (χ1v) is 7.32. The van der Waals surface area contributed by atoms with Crippen LogP contribution in [0.5, 0.6) is 5.75 Å². The number of phenolic OH excluding ortho intramolecular Hbond substituents is 1. The average molecular weight is 260 g/mol. The molecule has 0 spiro atoms. The van der Waals surface area contributed by atoms with Crippen molar-refractivity contribution in [2.24, 2.45) is 0 Å². The van der Waals surface area contributed by atoms with Gasteiger partial charge in [-0.3, -0.25) is 0 Å². The third-order valence-electron chi connectivity index (χ3n) is 3.57. The van der Waals surface area contributed by atoms with Gasteiger partial charge < -0.3 is 10.4 Å². The highest BCUT2D eigenvalue weighted by Crippen LogP contribution is 2.47. The lowest BCUT2D eigenvalue weighted by Crippen LogP contribution is -2.18. The summed E-state index contributed by atoms with van der Waals surface area (Å²) in [6, 6.07) is 7.35. The summed E-state index contributed by atoms with van der Waals surface area (Å²) in [6.07, 6.45) is 6.52. The Balaban J connectivity index is 1.89. The molecule has 2 aromatic rings. The summed E-state index contributed by atoms with van der Waals surface area (Å²) >= 11 is 1.93. The summed E-state index contributed by atoms with van der Waals surface area (Å²) in [4.78, 5) is 4.38. The number of rotatable bonds is 4. The first kappa shape index (κ1) is 11.7. The van der Waals surface area contributed by atoms with Crippen LogP contribution in [-0.2, 0) is 0 Å². The number of hydrogen-bond donors (Lipinski definition) is 2. The fourth-order valence-electron chi connectivity index (χ4n) is 2.13. The molecular weight excluding hydrogens is 244 g/mol. The van der Waals surface area contributed by atoms with Gasteiger partial charge in [0.2, 0.25) is 0 Å². The summed E-state index contributed by atoms with van der Waals surface area (Å²) in [5, 5.41) is 15.1. The van der Waals surface area contributed by atoms with Crippen molar-refractivity contribution in [2.45, 2.75) is 17.6 Å². The molecule has 3 rings (SSSR count). The number of fused-ring (bicyclic) bond motifs is 1. The maximum atomic E-state index is 9.58. The molecule has 0 aliphatic heterocycles. The minimum atomic E-state index is 0.282. The zero-order chi connectivity index (χ0) is 12.6. The molecule has 0 saturated heterocycles. The van der Waals surface area contributed by atoms with Crippen LogP contribution in [0.2, 0.25) is 0 Å². The molecule has 0 unspecified atom stereocenters. The molecule has 0 atom stereocenters. The van der Waals surface area contributed by atoms with Crippen molar-refractivity contribution in [2.75, 3.05) is 18.1 Å². The van der Waals surface area contributed by atoms with E-state index in [1.807, 2.05) is 23.9 Å². The smallest absolute Gasteiger partial charge is 0.133 e. The zero-order valence-corrected chi connectivity index (χ0v) is 11.1. The standard InChI is InChI=1S/C14H16N2OS/c1-18-14(5-6-14)9-16-13-12-8-11(17)3-2-10(12)4-7-15-13/h2-4,7-8,17H,5-6,9H2,1H3,(H,15,16). The van der Waals surface area contributed by atoms with Crippen molar-refractivity contribution < 1.29 is 5.11 Å². The normalized spacial score (nSPS) is 16.7. The number of aromatic nitrogens is 1. The molecule has 94 valence electrons. The van der Waals surface area contributed by atoms with Crippen LogP contribution >= 0.6 is 11.8 Å². The van der Waals surface area contributed by atoms with Crippen LogP contribution in [-0.4, -0.2) is 27.6 Å². The van der Waals surface area contributed by atoms with Gasteiger partial charge in [-0.05, 0) is 42.7 Å². The predicted octanol–water partition coefficient (Wildman–Crippen LogP) is 3.25. The fraction of sp³-hybridized carbons (Fsp3) is 0.357. The molecule has 0 amide bonds. The van der Waals surface area contributed by atoms with E-state index in [0.29, 0.717) is 4.75 Å². The fourth-order valence-corrected chi connectivity index (χ4v) is 2.86. The van der Waals surface area contributed by atoms with E-state index in [0.717, 1.165) is 23.1 Å². The molecule has 1 fully saturated rings. The van der Waals surface area contributed by atoms with E-state index in [1.165, 1.54) is 12.8 Å². The third kappa shape index (κ3) is 2.12. The van der Waals surface area contributed by atoms with E-state index < -0.39 is 0 Å². The largest absolute Gasteiger partial charge is 0.508 e. The third-order valence-corrected chi connectivity index (χ3v) is 4.99. The molecule has 1 aromatic carbocycles. The molecule has 1 heterocycles. The molecule has 1 aromatic heterocycles. The topological polar surface area (TPSA) is 45.2 Å². The molecule has 0 bridgehead atoms. The molecule has 4 heteroatoms. The first-order valence-electron chi connectivity index (χ1n) is 6.09. The Bertz CT molecular complexity index is 581. The number of thioether (sulfide) groups is 1. The Labute approximate surface area is 111 Å². The molecule has 0 radical (unpaired) electrons. The van der Waals surface area contributed by atoms with E-state index in [-0.39, 0.29) is 5.75 Å².